The fourth-order valence-electron chi connectivity index (χ4n) is 2.77. The summed E-state index contributed by atoms with van der Waals surface area (Å²) in [4.78, 5) is 4.30. The first kappa shape index (κ1) is 23.9. The molecule has 7 heteroatoms. The highest BCUT2D eigenvalue weighted by Gasteiger charge is 2.12. The molecule has 0 heterocycles. The van der Waals surface area contributed by atoms with E-state index in [4.69, 9.17) is 14.2 Å². The van der Waals surface area contributed by atoms with Crippen LogP contribution in [0.5, 0.6) is 17.2 Å². The first-order valence-corrected chi connectivity index (χ1v) is 9.04. The Morgan fingerprint density at radius 3 is 2.39 bits per heavy atom. The predicted molar refractivity (Wildman–Crippen MR) is 126 cm³/mol. The maximum Gasteiger partial charge on any atom is 0.195 e. The number of benzene rings is 2. The lowest BCUT2D eigenvalue weighted by molar-refractivity contribution is 0.311. The summed E-state index contributed by atoms with van der Waals surface area (Å²) < 4.78 is 16.4. The van der Waals surface area contributed by atoms with Crippen molar-refractivity contribution in [2.45, 2.75) is 19.8 Å². The number of rotatable bonds is 8. The van der Waals surface area contributed by atoms with E-state index in [2.05, 4.69) is 28.6 Å². The van der Waals surface area contributed by atoms with Crippen molar-refractivity contribution < 1.29 is 14.2 Å². The Labute approximate surface area is 184 Å². The van der Waals surface area contributed by atoms with Gasteiger partial charge in [-0.2, -0.15) is 0 Å². The minimum Gasteiger partial charge on any atom is -0.496 e. The molecule has 0 aromatic heterocycles. The third-order valence-corrected chi connectivity index (χ3v) is 4.20. The highest BCUT2D eigenvalue weighted by atomic mass is 127. The van der Waals surface area contributed by atoms with Crippen LogP contribution in [-0.2, 0) is 0 Å². The van der Waals surface area contributed by atoms with Gasteiger partial charge in [0.05, 0.1) is 20.8 Å². The molecule has 0 fully saturated rings. The van der Waals surface area contributed by atoms with Crippen molar-refractivity contribution >= 4 is 35.6 Å². The van der Waals surface area contributed by atoms with Gasteiger partial charge in [-0.15, -0.1) is 24.0 Å². The number of hydrogen-bond acceptors (Lipinski definition) is 4. The van der Waals surface area contributed by atoms with Crippen LogP contribution in [0.3, 0.4) is 0 Å². The van der Waals surface area contributed by atoms with E-state index in [0.717, 1.165) is 17.0 Å². The Morgan fingerprint density at radius 1 is 1.04 bits per heavy atom. The summed E-state index contributed by atoms with van der Waals surface area (Å²) in [6, 6.07) is 13.8. The predicted octanol–water partition coefficient (Wildman–Crippen LogP) is 4.51. The van der Waals surface area contributed by atoms with Crippen LogP contribution in [0.1, 0.15) is 25.3 Å². The lowest BCUT2D eigenvalue weighted by Crippen LogP contribution is -2.33. The SMILES string of the molecule is CCOc1cc(NC(=NC)NCC(C)c2ccccc2OC)ccc1OC.I. The van der Waals surface area contributed by atoms with E-state index >= 15 is 0 Å². The van der Waals surface area contributed by atoms with Gasteiger partial charge in [0.2, 0.25) is 0 Å². The van der Waals surface area contributed by atoms with Crippen molar-refractivity contribution in [2.75, 3.05) is 39.7 Å². The first-order chi connectivity index (χ1) is 13.1. The van der Waals surface area contributed by atoms with Gasteiger partial charge >= 0.3 is 0 Å². The molecule has 2 aromatic carbocycles. The highest BCUT2D eigenvalue weighted by molar-refractivity contribution is 14.0. The third kappa shape index (κ3) is 6.47. The molecular formula is C21H30IN3O3. The summed E-state index contributed by atoms with van der Waals surface area (Å²) in [7, 11) is 5.07. The Balaban J connectivity index is 0.00000392. The Bertz CT molecular complexity index is 768. The summed E-state index contributed by atoms with van der Waals surface area (Å²) in [5.41, 5.74) is 2.03. The molecule has 0 spiro atoms. The minimum absolute atomic E-state index is 0. The van der Waals surface area contributed by atoms with E-state index in [1.54, 1.807) is 21.3 Å². The van der Waals surface area contributed by atoms with Crippen LogP contribution >= 0.6 is 24.0 Å². The van der Waals surface area contributed by atoms with Crippen molar-refractivity contribution in [1.29, 1.82) is 0 Å². The molecule has 1 atom stereocenters. The maximum absolute atomic E-state index is 5.63. The summed E-state index contributed by atoms with van der Waals surface area (Å²) in [5, 5.41) is 6.65. The van der Waals surface area contributed by atoms with Crippen LogP contribution in [0.25, 0.3) is 0 Å². The topological polar surface area (TPSA) is 64.1 Å². The minimum atomic E-state index is 0. The standard InChI is InChI=1S/C21H29N3O3.HI/c1-6-27-20-13-16(11-12-19(20)26-5)24-21(22-3)23-14-15(2)17-9-7-8-10-18(17)25-4;/h7-13,15H,6,14H2,1-5H3,(H2,22,23,24);1H. The number of methoxy groups -OCH3 is 2. The van der Waals surface area contributed by atoms with Gasteiger partial charge in [0.15, 0.2) is 17.5 Å². The molecule has 6 nitrogen and oxygen atoms in total. The second-order valence-corrected chi connectivity index (χ2v) is 6.02. The number of halogens is 1. The van der Waals surface area contributed by atoms with Crippen molar-refractivity contribution in [1.82, 2.24) is 5.32 Å². The number of para-hydroxylation sites is 1. The van der Waals surface area contributed by atoms with Gasteiger partial charge in [0.25, 0.3) is 0 Å². The lowest BCUT2D eigenvalue weighted by Gasteiger charge is -2.19. The Morgan fingerprint density at radius 2 is 1.75 bits per heavy atom. The molecule has 0 saturated carbocycles. The van der Waals surface area contributed by atoms with Crippen LogP contribution < -0.4 is 24.8 Å². The second-order valence-electron chi connectivity index (χ2n) is 6.02. The van der Waals surface area contributed by atoms with Crippen molar-refractivity contribution in [3.8, 4) is 17.2 Å². The van der Waals surface area contributed by atoms with E-state index in [-0.39, 0.29) is 29.9 Å². The van der Waals surface area contributed by atoms with Gasteiger partial charge in [0, 0.05) is 31.3 Å². The summed E-state index contributed by atoms with van der Waals surface area (Å²) in [6.45, 7) is 5.38. The van der Waals surface area contributed by atoms with Gasteiger partial charge in [-0.3, -0.25) is 4.99 Å². The van der Waals surface area contributed by atoms with Crippen LogP contribution in [0, 0.1) is 0 Å². The van der Waals surface area contributed by atoms with Crippen LogP contribution in [0.2, 0.25) is 0 Å². The molecule has 0 bridgehead atoms. The molecule has 0 amide bonds. The van der Waals surface area contributed by atoms with Gasteiger partial charge in [0.1, 0.15) is 5.75 Å². The fraction of sp³-hybridized carbons (Fsp3) is 0.381. The fourth-order valence-corrected chi connectivity index (χ4v) is 2.77. The zero-order valence-electron chi connectivity index (χ0n) is 17.1. The molecule has 1 unspecified atom stereocenters. The molecule has 2 N–H and O–H groups in total. The highest BCUT2D eigenvalue weighted by Crippen LogP contribution is 2.30. The second kappa shape index (κ2) is 12.3. The molecular weight excluding hydrogens is 469 g/mol. The van der Waals surface area contributed by atoms with Gasteiger partial charge < -0.3 is 24.8 Å². The number of ether oxygens (including phenoxy) is 3. The summed E-state index contributed by atoms with van der Waals surface area (Å²) >= 11 is 0. The Hall–Kier alpha value is -2.16. The average Bonchev–Trinajstić information content (AvgIpc) is 2.71. The Kier molecular flexibility index (Phi) is 10.5. The number of anilines is 1. The molecule has 0 saturated heterocycles. The van der Waals surface area contributed by atoms with Crippen molar-refractivity contribution in [2.24, 2.45) is 4.99 Å². The van der Waals surface area contributed by atoms with E-state index in [1.807, 2.05) is 43.3 Å². The quantitative estimate of drug-likeness (QED) is 0.318. The third-order valence-electron chi connectivity index (χ3n) is 4.20. The average molecular weight is 499 g/mol. The first-order valence-electron chi connectivity index (χ1n) is 9.04. The van der Waals surface area contributed by atoms with Crippen molar-refractivity contribution in [3.63, 3.8) is 0 Å². The van der Waals surface area contributed by atoms with E-state index in [1.165, 1.54) is 0 Å². The number of guanidine groups is 1. The van der Waals surface area contributed by atoms with Gasteiger partial charge in [-0.05, 0) is 30.7 Å². The molecule has 0 radical (unpaired) electrons. The van der Waals surface area contributed by atoms with E-state index in [9.17, 15) is 0 Å². The molecule has 0 aliphatic heterocycles. The number of nitrogens with zero attached hydrogens (tertiary/aromatic N) is 1. The van der Waals surface area contributed by atoms with Crippen molar-refractivity contribution in [3.05, 3.63) is 48.0 Å². The number of aliphatic imine (C=N–C) groups is 1. The summed E-state index contributed by atoms with van der Waals surface area (Å²) in [5.74, 6) is 3.24. The molecule has 154 valence electrons. The zero-order valence-corrected chi connectivity index (χ0v) is 19.4. The lowest BCUT2D eigenvalue weighted by atomic mass is 10.0. The maximum atomic E-state index is 5.63. The van der Waals surface area contributed by atoms with Crippen LogP contribution in [0.15, 0.2) is 47.5 Å². The normalized spacial score (nSPS) is 11.8. The molecule has 0 aliphatic carbocycles. The smallest absolute Gasteiger partial charge is 0.195 e. The molecule has 28 heavy (non-hydrogen) atoms. The van der Waals surface area contributed by atoms with Gasteiger partial charge in [-0.25, -0.2) is 0 Å². The monoisotopic (exact) mass is 499 g/mol. The van der Waals surface area contributed by atoms with Crippen LogP contribution in [-0.4, -0.2) is 40.4 Å². The number of nitrogens with one attached hydrogen (secondary N) is 2. The van der Waals surface area contributed by atoms with E-state index < -0.39 is 0 Å². The van der Waals surface area contributed by atoms with Gasteiger partial charge in [-0.1, -0.05) is 25.1 Å². The molecule has 2 aromatic rings. The zero-order chi connectivity index (χ0) is 19.6. The van der Waals surface area contributed by atoms with Crippen LogP contribution in [0.4, 0.5) is 5.69 Å². The largest absolute Gasteiger partial charge is 0.496 e. The molecule has 2 rings (SSSR count). The number of hydrogen-bond donors (Lipinski definition) is 2. The van der Waals surface area contributed by atoms with E-state index in [0.29, 0.717) is 30.6 Å². The summed E-state index contributed by atoms with van der Waals surface area (Å²) in [6.07, 6.45) is 0. The molecule has 0 aliphatic rings.